The Bertz CT molecular complexity index is 989. The minimum atomic E-state index is -0.571. The molecule has 0 amide bonds. The van der Waals surface area contributed by atoms with Gasteiger partial charge in [-0.15, -0.1) is 0 Å². The molecule has 0 unspecified atom stereocenters. The minimum absolute atomic E-state index is 0.0755. The zero-order chi connectivity index (χ0) is 20.5. The lowest BCUT2D eigenvalue weighted by atomic mass is 9.60. The Labute approximate surface area is 188 Å². The van der Waals surface area contributed by atoms with E-state index in [1.54, 1.807) is 6.07 Å². The van der Waals surface area contributed by atoms with Crippen LogP contribution in [0.25, 0.3) is 10.9 Å². The molecule has 0 spiro atoms. The second-order valence-electron chi connectivity index (χ2n) is 10.4. The lowest BCUT2D eigenvalue weighted by molar-refractivity contribution is 0.113. The first-order chi connectivity index (χ1) is 14.5. The molecule has 3 nitrogen and oxygen atoms in total. The number of benzene rings is 1. The third-order valence-electron chi connectivity index (χ3n) is 8.72. The Balaban J connectivity index is 1.52. The van der Waals surface area contributed by atoms with Crippen molar-refractivity contribution in [2.75, 3.05) is 6.54 Å². The Morgan fingerprint density at radius 3 is 2.73 bits per heavy atom. The maximum absolute atomic E-state index is 11.5. The van der Waals surface area contributed by atoms with E-state index in [9.17, 15) is 5.11 Å². The standard InChI is InChI=1S/C25H30Cl2N2O/c26-17-9-18-19(24(30)21-3-1-2-6-28-21)11-22(29-23(18)20(27)10-17)25-12-14-4-5-16(25)8-15(7-14)13-25/h9-11,14-16,21,24,28,30H,1-8,12-13H2/t14-,15+,16+,21-,24-,25-/m0/s1. The van der Waals surface area contributed by atoms with Crippen LogP contribution in [-0.2, 0) is 5.41 Å². The summed E-state index contributed by atoms with van der Waals surface area (Å²) < 4.78 is 0. The van der Waals surface area contributed by atoms with E-state index in [0.29, 0.717) is 10.0 Å². The molecule has 6 atom stereocenters. The fourth-order valence-corrected chi connectivity index (χ4v) is 8.04. The topological polar surface area (TPSA) is 45.2 Å². The number of nitrogens with one attached hydrogen (secondary N) is 1. The molecule has 3 bridgehead atoms. The molecule has 1 aromatic carbocycles. The highest BCUT2D eigenvalue weighted by Crippen LogP contribution is 2.63. The van der Waals surface area contributed by atoms with Gasteiger partial charge in [0.05, 0.1) is 16.6 Å². The van der Waals surface area contributed by atoms with Gasteiger partial charge < -0.3 is 10.4 Å². The smallest absolute Gasteiger partial charge is 0.0950 e. The lowest BCUT2D eigenvalue weighted by Gasteiger charge is -2.45. The van der Waals surface area contributed by atoms with E-state index < -0.39 is 6.10 Å². The zero-order valence-corrected chi connectivity index (χ0v) is 18.9. The quantitative estimate of drug-likeness (QED) is 0.593. The summed E-state index contributed by atoms with van der Waals surface area (Å²) in [6, 6.07) is 6.04. The van der Waals surface area contributed by atoms with E-state index in [1.165, 1.54) is 50.6 Å². The van der Waals surface area contributed by atoms with Gasteiger partial charge in [-0.05, 0) is 93.0 Å². The van der Waals surface area contributed by atoms with Crippen LogP contribution in [0.4, 0.5) is 0 Å². The van der Waals surface area contributed by atoms with Crippen LogP contribution < -0.4 is 5.32 Å². The number of piperidine rings is 1. The molecule has 0 radical (unpaired) electrons. The summed E-state index contributed by atoms with van der Waals surface area (Å²) in [5, 5.41) is 17.1. The molecule has 160 valence electrons. The van der Waals surface area contributed by atoms with Crippen LogP contribution in [0.1, 0.15) is 75.1 Å². The van der Waals surface area contributed by atoms with Gasteiger partial charge in [0.15, 0.2) is 0 Å². The molecule has 2 N–H and O–H groups in total. The van der Waals surface area contributed by atoms with Crippen LogP contribution in [0.2, 0.25) is 10.0 Å². The first kappa shape index (κ1) is 19.8. The number of aromatic nitrogens is 1. The fraction of sp³-hybridized carbons (Fsp3) is 0.640. The molecule has 4 aliphatic rings. The van der Waals surface area contributed by atoms with E-state index in [4.69, 9.17) is 28.2 Å². The van der Waals surface area contributed by atoms with Crippen molar-refractivity contribution in [1.29, 1.82) is 0 Å². The van der Waals surface area contributed by atoms with E-state index >= 15 is 0 Å². The number of fused-ring (bicyclic) bond motifs is 3. The third-order valence-corrected chi connectivity index (χ3v) is 9.22. The van der Waals surface area contributed by atoms with Gasteiger partial charge in [-0.3, -0.25) is 4.98 Å². The van der Waals surface area contributed by atoms with Crippen molar-refractivity contribution >= 4 is 34.1 Å². The highest BCUT2D eigenvalue weighted by Gasteiger charge is 2.56. The monoisotopic (exact) mass is 444 g/mol. The largest absolute Gasteiger partial charge is 0.387 e. The van der Waals surface area contributed by atoms with Crippen LogP contribution in [0.5, 0.6) is 0 Å². The number of aliphatic hydroxyl groups is 1. The first-order valence-electron chi connectivity index (χ1n) is 11.7. The van der Waals surface area contributed by atoms with Gasteiger partial charge >= 0.3 is 0 Å². The molecule has 3 aliphatic carbocycles. The number of hydrogen-bond donors (Lipinski definition) is 2. The van der Waals surface area contributed by atoms with Crippen molar-refractivity contribution in [2.45, 2.75) is 75.3 Å². The average Bonchev–Trinajstić information content (AvgIpc) is 2.90. The summed E-state index contributed by atoms with van der Waals surface area (Å²) in [6.07, 6.45) is 10.7. The van der Waals surface area contributed by atoms with E-state index in [-0.39, 0.29) is 11.5 Å². The summed E-state index contributed by atoms with van der Waals surface area (Å²) in [6.45, 7) is 0.967. The van der Waals surface area contributed by atoms with Crippen molar-refractivity contribution in [2.24, 2.45) is 17.8 Å². The number of halogens is 2. The Kier molecular flexibility index (Phi) is 4.84. The van der Waals surface area contributed by atoms with Gasteiger partial charge in [0.1, 0.15) is 0 Å². The van der Waals surface area contributed by atoms with Crippen molar-refractivity contribution < 1.29 is 5.11 Å². The van der Waals surface area contributed by atoms with Gasteiger partial charge in [0, 0.05) is 27.6 Å². The Morgan fingerprint density at radius 2 is 1.90 bits per heavy atom. The van der Waals surface area contributed by atoms with Crippen molar-refractivity contribution in [3.8, 4) is 0 Å². The summed E-state index contributed by atoms with van der Waals surface area (Å²) in [5.74, 6) is 2.42. The fourth-order valence-electron chi connectivity index (χ4n) is 7.50. The maximum atomic E-state index is 11.5. The highest BCUT2D eigenvalue weighted by atomic mass is 35.5. The van der Waals surface area contributed by atoms with Crippen molar-refractivity contribution in [3.05, 3.63) is 39.5 Å². The molecule has 1 saturated heterocycles. The minimum Gasteiger partial charge on any atom is -0.387 e. The van der Waals surface area contributed by atoms with Crippen LogP contribution >= 0.6 is 23.2 Å². The Morgan fingerprint density at radius 1 is 1.03 bits per heavy atom. The first-order valence-corrected chi connectivity index (χ1v) is 12.5. The number of nitrogens with zero attached hydrogens (tertiary/aromatic N) is 1. The predicted molar refractivity (Wildman–Crippen MR) is 122 cm³/mol. The molecule has 2 heterocycles. The summed E-state index contributed by atoms with van der Waals surface area (Å²) in [4.78, 5) is 5.19. The molecule has 5 heteroatoms. The van der Waals surface area contributed by atoms with Crippen molar-refractivity contribution in [3.63, 3.8) is 0 Å². The van der Waals surface area contributed by atoms with Crippen LogP contribution in [0, 0.1) is 17.8 Å². The summed E-state index contributed by atoms with van der Waals surface area (Å²) in [5.41, 5.74) is 3.12. The molecule has 2 aromatic rings. The zero-order valence-electron chi connectivity index (χ0n) is 17.3. The lowest BCUT2D eigenvalue weighted by Crippen LogP contribution is -2.41. The van der Waals surface area contributed by atoms with Crippen LogP contribution in [0.3, 0.4) is 0 Å². The number of rotatable bonds is 3. The molecular formula is C25H30Cl2N2O. The van der Waals surface area contributed by atoms with E-state index in [0.717, 1.165) is 53.6 Å². The van der Waals surface area contributed by atoms with Crippen LogP contribution in [0.15, 0.2) is 18.2 Å². The molecular weight excluding hydrogens is 415 g/mol. The second-order valence-corrected chi connectivity index (χ2v) is 11.3. The molecule has 3 saturated carbocycles. The average molecular weight is 445 g/mol. The molecule has 1 aliphatic heterocycles. The summed E-state index contributed by atoms with van der Waals surface area (Å²) in [7, 11) is 0. The maximum Gasteiger partial charge on any atom is 0.0950 e. The van der Waals surface area contributed by atoms with Crippen molar-refractivity contribution in [1.82, 2.24) is 10.3 Å². The molecule has 4 fully saturated rings. The van der Waals surface area contributed by atoms with Gasteiger partial charge in [0.25, 0.3) is 0 Å². The van der Waals surface area contributed by atoms with Gasteiger partial charge in [0.2, 0.25) is 0 Å². The van der Waals surface area contributed by atoms with E-state index in [2.05, 4.69) is 11.4 Å². The predicted octanol–water partition coefficient (Wildman–Crippen LogP) is 6.18. The van der Waals surface area contributed by atoms with Gasteiger partial charge in [-0.25, -0.2) is 0 Å². The molecule has 30 heavy (non-hydrogen) atoms. The summed E-state index contributed by atoms with van der Waals surface area (Å²) >= 11 is 13.0. The second kappa shape index (κ2) is 7.33. The van der Waals surface area contributed by atoms with Gasteiger partial charge in [-0.2, -0.15) is 0 Å². The number of pyridine rings is 1. The number of hydrogen-bond acceptors (Lipinski definition) is 3. The highest BCUT2D eigenvalue weighted by molar-refractivity contribution is 6.38. The SMILES string of the molecule is O[C@@H](c1cc([C@@]23C[C@@H]4C[C@H](CC[C@@H]2C4)C3)nc2c(Cl)cc(Cl)cc12)[C@@H]1CCCCN1. The normalized spacial score (nSPS) is 36.4. The Hall–Kier alpha value is -0.870. The third kappa shape index (κ3) is 3.03. The number of aliphatic hydroxyl groups excluding tert-OH is 1. The van der Waals surface area contributed by atoms with Gasteiger partial charge in [-0.1, -0.05) is 36.0 Å². The molecule has 1 aromatic heterocycles. The van der Waals surface area contributed by atoms with Crippen LogP contribution in [-0.4, -0.2) is 22.7 Å². The van der Waals surface area contributed by atoms with E-state index in [1.807, 2.05) is 6.07 Å². The molecule has 6 rings (SSSR count).